The smallest absolute Gasteiger partial charge is 0.334 e. The molecule has 0 spiro atoms. The van der Waals surface area contributed by atoms with Crippen molar-refractivity contribution in [1.82, 2.24) is 0 Å². The summed E-state index contributed by atoms with van der Waals surface area (Å²) in [7, 11) is 0. The molecule has 0 aromatic rings. The summed E-state index contributed by atoms with van der Waals surface area (Å²) in [5, 5.41) is 8.19. The second-order valence-corrected chi connectivity index (χ2v) is 1.06. The van der Waals surface area contributed by atoms with Gasteiger partial charge in [0.2, 0.25) is 0 Å². The molecule has 0 aromatic heterocycles. The van der Waals surface area contributed by atoms with E-state index in [0.29, 0.717) is 0 Å². The fourth-order valence-corrected chi connectivity index (χ4v) is 0.0603. The minimum Gasteiger partial charge on any atom is -0.340 e. The maximum atomic E-state index is 8.19. The molecule has 1 aliphatic heterocycles. The van der Waals surface area contributed by atoms with Gasteiger partial charge in [-0.2, -0.15) is 9.78 Å². The standard InChI is InChI=1S/C2H4O3/c1-2(3)4-5-2/h3H,1H3. The van der Waals surface area contributed by atoms with E-state index < -0.39 is 5.97 Å². The van der Waals surface area contributed by atoms with Gasteiger partial charge < -0.3 is 5.11 Å². The molecular formula is C2H4O3. The van der Waals surface area contributed by atoms with Crippen LogP contribution in [0.2, 0.25) is 0 Å². The van der Waals surface area contributed by atoms with Crippen LogP contribution in [0, 0.1) is 0 Å². The average molecular weight is 76.1 g/mol. The van der Waals surface area contributed by atoms with Gasteiger partial charge in [-0.25, -0.2) is 0 Å². The lowest BCUT2D eigenvalue weighted by Gasteiger charge is -1.73. The third-order valence-electron chi connectivity index (χ3n) is 0.325. The Balaban J connectivity index is 2.38. The first-order chi connectivity index (χ1) is 2.21. The normalized spacial score (nSPS) is 30.0. The van der Waals surface area contributed by atoms with Crippen molar-refractivity contribution in [3.63, 3.8) is 0 Å². The van der Waals surface area contributed by atoms with Crippen molar-refractivity contribution in [2.24, 2.45) is 0 Å². The molecule has 1 rings (SSSR count). The predicted octanol–water partition coefficient (Wildman–Crippen LogP) is -0.386. The van der Waals surface area contributed by atoms with Crippen molar-refractivity contribution in [3.05, 3.63) is 0 Å². The molecule has 0 aromatic carbocycles. The molecule has 0 amide bonds. The van der Waals surface area contributed by atoms with Crippen LogP contribution in [0.4, 0.5) is 0 Å². The van der Waals surface area contributed by atoms with E-state index in [4.69, 9.17) is 5.11 Å². The second kappa shape index (κ2) is 0.518. The Bertz CT molecular complexity index is 42.9. The zero-order chi connectivity index (χ0) is 3.91. The van der Waals surface area contributed by atoms with Crippen LogP contribution in [0.3, 0.4) is 0 Å². The molecule has 0 aliphatic carbocycles. The molecule has 0 atom stereocenters. The fourth-order valence-electron chi connectivity index (χ4n) is 0.0603. The first kappa shape index (κ1) is 3.08. The van der Waals surface area contributed by atoms with Crippen LogP contribution >= 0.6 is 0 Å². The van der Waals surface area contributed by atoms with E-state index in [2.05, 4.69) is 9.78 Å². The van der Waals surface area contributed by atoms with Crippen LogP contribution in [-0.4, -0.2) is 11.1 Å². The quantitative estimate of drug-likeness (QED) is 0.316. The Morgan fingerprint density at radius 1 is 1.60 bits per heavy atom. The minimum atomic E-state index is -1.25. The van der Waals surface area contributed by atoms with E-state index in [1.54, 1.807) is 0 Å². The Kier molecular flexibility index (Phi) is 0.320. The van der Waals surface area contributed by atoms with E-state index >= 15 is 0 Å². The lowest BCUT2D eigenvalue weighted by atomic mass is 10.7. The van der Waals surface area contributed by atoms with Crippen LogP contribution < -0.4 is 0 Å². The van der Waals surface area contributed by atoms with Crippen molar-refractivity contribution in [3.8, 4) is 0 Å². The van der Waals surface area contributed by atoms with Crippen molar-refractivity contribution < 1.29 is 14.9 Å². The molecule has 0 saturated carbocycles. The van der Waals surface area contributed by atoms with E-state index in [-0.39, 0.29) is 0 Å². The highest BCUT2D eigenvalue weighted by Gasteiger charge is 2.40. The second-order valence-electron chi connectivity index (χ2n) is 1.06. The van der Waals surface area contributed by atoms with Crippen molar-refractivity contribution >= 4 is 0 Å². The summed E-state index contributed by atoms with van der Waals surface area (Å²) >= 11 is 0. The number of rotatable bonds is 0. The van der Waals surface area contributed by atoms with Gasteiger partial charge in [0.05, 0.1) is 0 Å². The molecule has 1 heterocycles. The lowest BCUT2D eigenvalue weighted by Crippen LogP contribution is -1.96. The minimum absolute atomic E-state index is 1.25. The van der Waals surface area contributed by atoms with E-state index in [9.17, 15) is 0 Å². The molecule has 5 heavy (non-hydrogen) atoms. The average Bonchev–Trinajstić information content (AvgIpc) is 1.76. The topological polar surface area (TPSA) is 45.3 Å². The van der Waals surface area contributed by atoms with Gasteiger partial charge in [-0.1, -0.05) is 0 Å². The van der Waals surface area contributed by atoms with Gasteiger partial charge in [-0.15, -0.1) is 0 Å². The summed E-state index contributed by atoms with van der Waals surface area (Å²) in [6.07, 6.45) is 0. The highest BCUT2D eigenvalue weighted by atomic mass is 17.4. The molecule has 0 radical (unpaired) electrons. The summed E-state index contributed by atoms with van der Waals surface area (Å²) < 4.78 is 0. The summed E-state index contributed by atoms with van der Waals surface area (Å²) in [6.45, 7) is 1.41. The van der Waals surface area contributed by atoms with Crippen molar-refractivity contribution in [2.45, 2.75) is 12.9 Å². The number of hydrogen-bond donors (Lipinski definition) is 1. The Morgan fingerprint density at radius 3 is 1.80 bits per heavy atom. The molecule has 0 bridgehead atoms. The maximum Gasteiger partial charge on any atom is 0.334 e. The third-order valence-corrected chi connectivity index (χ3v) is 0.325. The Labute approximate surface area is 29.0 Å². The molecule has 1 fully saturated rings. The van der Waals surface area contributed by atoms with E-state index in [1.165, 1.54) is 6.92 Å². The third kappa shape index (κ3) is 0.576. The molecule has 3 heteroatoms. The van der Waals surface area contributed by atoms with Gasteiger partial charge >= 0.3 is 5.97 Å². The van der Waals surface area contributed by atoms with Crippen LogP contribution in [0.5, 0.6) is 0 Å². The van der Waals surface area contributed by atoms with Crippen LogP contribution in [0.15, 0.2) is 0 Å². The van der Waals surface area contributed by atoms with Crippen LogP contribution in [-0.2, 0) is 9.78 Å². The number of hydrogen-bond acceptors (Lipinski definition) is 3. The Morgan fingerprint density at radius 2 is 1.80 bits per heavy atom. The Hall–Kier alpha value is -0.120. The SMILES string of the molecule is CC1(O)OO1. The molecule has 3 nitrogen and oxygen atoms in total. The highest BCUT2D eigenvalue weighted by molar-refractivity contribution is 4.40. The van der Waals surface area contributed by atoms with Gasteiger partial charge in [-0.3, -0.25) is 0 Å². The molecule has 0 unspecified atom stereocenters. The zero-order valence-corrected chi connectivity index (χ0v) is 2.76. The fraction of sp³-hybridized carbons (Fsp3) is 1.00. The van der Waals surface area contributed by atoms with E-state index in [1.807, 2.05) is 0 Å². The van der Waals surface area contributed by atoms with Gasteiger partial charge in [0, 0.05) is 6.92 Å². The van der Waals surface area contributed by atoms with Crippen molar-refractivity contribution in [2.75, 3.05) is 0 Å². The van der Waals surface area contributed by atoms with Crippen LogP contribution in [0.1, 0.15) is 6.92 Å². The van der Waals surface area contributed by atoms with E-state index in [0.717, 1.165) is 0 Å². The molecular weight excluding hydrogens is 72.0 g/mol. The molecule has 1 saturated heterocycles. The van der Waals surface area contributed by atoms with Crippen molar-refractivity contribution in [1.29, 1.82) is 0 Å². The highest BCUT2D eigenvalue weighted by Crippen LogP contribution is 2.22. The summed E-state index contributed by atoms with van der Waals surface area (Å²) in [5.74, 6) is -1.25. The van der Waals surface area contributed by atoms with Gasteiger partial charge in [0.15, 0.2) is 0 Å². The molecule has 30 valence electrons. The molecule has 1 N–H and O–H groups in total. The zero-order valence-electron chi connectivity index (χ0n) is 2.76. The maximum absolute atomic E-state index is 8.19. The predicted molar refractivity (Wildman–Crippen MR) is 12.8 cm³/mol. The van der Waals surface area contributed by atoms with Gasteiger partial charge in [-0.05, 0) is 0 Å². The summed E-state index contributed by atoms with van der Waals surface area (Å²) in [5.41, 5.74) is 0. The monoisotopic (exact) mass is 76.0 g/mol. The lowest BCUT2D eigenvalue weighted by molar-refractivity contribution is 0.0508. The first-order valence-electron chi connectivity index (χ1n) is 1.30. The molecule has 1 aliphatic rings. The summed E-state index contributed by atoms with van der Waals surface area (Å²) in [4.78, 5) is 7.90. The summed E-state index contributed by atoms with van der Waals surface area (Å²) in [6, 6.07) is 0. The largest absolute Gasteiger partial charge is 0.340 e. The first-order valence-corrected chi connectivity index (χ1v) is 1.30. The van der Waals surface area contributed by atoms with Crippen LogP contribution in [0.25, 0.3) is 0 Å². The number of aliphatic hydroxyl groups is 1. The van der Waals surface area contributed by atoms with Gasteiger partial charge in [0.25, 0.3) is 0 Å². The van der Waals surface area contributed by atoms with Gasteiger partial charge in [0.1, 0.15) is 0 Å².